The second-order valence-corrected chi connectivity index (χ2v) is 5.82. The molecule has 1 aromatic rings. The number of aliphatic hydroxyl groups excluding tert-OH is 1. The molecule has 0 spiro atoms. The molecule has 1 amide bonds. The zero-order valence-corrected chi connectivity index (χ0v) is 11.6. The summed E-state index contributed by atoms with van der Waals surface area (Å²) in [5.41, 5.74) is 1.00. The number of carbonyl (C=O) groups excluding carboxylic acids is 1. The third-order valence-electron chi connectivity index (χ3n) is 4.22. The van der Waals surface area contributed by atoms with Gasteiger partial charge in [0.15, 0.2) is 0 Å². The second kappa shape index (κ2) is 5.83. The largest absolute Gasteiger partial charge is 0.445 e. The fourth-order valence-corrected chi connectivity index (χ4v) is 2.93. The number of carbonyl (C=O) groups is 1. The summed E-state index contributed by atoms with van der Waals surface area (Å²) in [6.07, 6.45) is 3.19. The van der Waals surface area contributed by atoms with Crippen LogP contribution in [-0.2, 0) is 11.3 Å². The van der Waals surface area contributed by atoms with Crippen LogP contribution in [0.5, 0.6) is 0 Å². The van der Waals surface area contributed by atoms with Gasteiger partial charge in [-0.1, -0.05) is 30.3 Å². The van der Waals surface area contributed by atoms with Crippen LogP contribution in [0.1, 0.15) is 31.2 Å². The van der Waals surface area contributed by atoms with Crippen molar-refractivity contribution >= 4 is 6.09 Å². The van der Waals surface area contributed by atoms with Crippen molar-refractivity contribution in [3.05, 3.63) is 35.9 Å². The molecular weight excluding hydrogens is 254 g/mol. The third kappa shape index (κ3) is 3.12. The third-order valence-corrected chi connectivity index (χ3v) is 4.22. The lowest BCUT2D eigenvalue weighted by atomic mass is 9.96. The Kier molecular flexibility index (Phi) is 3.92. The van der Waals surface area contributed by atoms with Crippen molar-refractivity contribution in [2.75, 3.05) is 6.54 Å². The van der Waals surface area contributed by atoms with Gasteiger partial charge in [-0.15, -0.1) is 0 Å². The molecule has 0 radical (unpaired) electrons. The highest BCUT2D eigenvalue weighted by Crippen LogP contribution is 2.39. The second-order valence-electron chi connectivity index (χ2n) is 5.82. The molecular formula is C16H21NO3. The van der Waals surface area contributed by atoms with E-state index in [9.17, 15) is 9.90 Å². The Morgan fingerprint density at radius 3 is 2.70 bits per heavy atom. The Bertz CT molecular complexity index is 458. The number of piperidine rings is 1. The Morgan fingerprint density at radius 2 is 2.00 bits per heavy atom. The number of rotatable bonds is 3. The van der Waals surface area contributed by atoms with Crippen molar-refractivity contribution in [3.8, 4) is 0 Å². The highest BCUT2D eigenvalue weighted by Gasteiger charge is 2.41. The van der Waals surface area contributed by atoms with Crippen LogP contribution in [0.2, 0.25) is 0 Å². The Hall–Kier alpha value is -1.55. The lowest BCUT2D eigenvalue weighted by Gasteiger charge is -2.37. The first-order chi connectivity index (χ1) is 9.74. The van der Waals surface area contributed by atoms with E-state index in [1.165, 1.54) is 12.8 Å². The van der Waals surface area contributed by atoms with Crippen LogP contribution in [-0.4, -0.2) is 34.8 Å². The normalized spacial score (nSPS) is 26.4. The maximum Gasteiger partial charge on any atom is 0.410 e. The number of benzene rings is 1. The van der Waals surface area contributed by atoms with Gasteiger partial charge in [0.25, 0.3) is 0 Å². The maximum absolute atomic E-state index is 12.2. The quantitative estimate of drug-likeness (QED) is 0.922. The van der Waals surface area contributed by atoms with E-state index in [-0.39, 0.29) is 18.2 Å². The summed E-state index contributed by atoms with van der Waals surface area (Å²) in [6.45, 7) is 0.923. The number of hydrogen-bond acceptors (Lipinski definition) is 3. The molecule has 2 fully saturated rings. The monoisotopic (exact) mass is 275 g/mol. The fourth-order valence-electron chi connectivity index (χ4n) is 2.93. The minimum atomic E-state index is -0.265. The van der Waals surface area contributed by atoms with Gasteiger partial charge >= 0.3 is 6.09 Å². The molecule has 1 N–H and O–H groups in total. The molecule has 4 nitrogen and oxygen atoms in total. The van der Waals surface area contributed by atoms with Gasteiger partial charge in [-0.2, -0.15) is 0 Å². The van der Waals surface area contributed by atoms with Gasteiger partial charge in [-0.05, 0) is 37.2 Å². The number of aliphatic hydroxyl groups is 1. The average Bonchev–Trinajstić information content (AvgIpc) is 3.30. The molecule has 0 bridgehead atoms. The maximum atomic E-state index is 12.2. The van der Waals surface area contributed by atoms with Gasteiger partial charge in [0.1, 0.15) is 6.61 Å². The van der Waals surface area contributed by atoms with E-state index in [0.29, 0.717) is 31.9 Å². The predicted molar refractivity (Wildman–Crippen MR) is 75.1 cm³/mol. The van der Waals surface area contributed by atoms with E-state index in [1.807, 2.05) is 35.2 Å². The van der Waals surface area contributed by atoms with Gasteiger partial charge < -0.3 is 14.7 Å². The molecule has 2 atom stereocenters. The van der Waals surface area contributed by atoms with Crippen LogP contribution in [0.3, 0.4) is 0 Å². The van der Waals surface area contributed by atoms with Gasteiger partial charge in [-0.25, -0.2) is 4.79 Å². The van der Waals surface area contributed by atoms with Crippen LogP contribution >= 0.6 is 0 Å². The number of likely N-dealkylation sites (tertiary alicyclic amines) is 1. The number of nitrogens with zero attached hydrogens (tertiary/aromatic N) is 1. The lowest BCUT2D eigenvalue weighted by Crippen LogP contribution is -2.48. The van der Waals surface area contributed by atoms with Crippen molar-refractivity contribution in [1.82, 2.24) is 4.90 Å². The van der Waals surface area contributed by atoms with Crippen molar-refractivity contribution in [1.29, 1.82) is 0 Å². The van der Waals surface area contributed by atoms with Gasteiger partial charge in [-0.3, -0.25) is 0 Å². The summed E-state index contributed by atoms with van der Waals surface area (Å²) in [5, 5.41) is 9.78. The first kappa shape index (κ1) is 13.4. The topological polar surface area (TPSA) is 49.8 Å². The summed E-state index contributed by atoms with van der Waals surface area (Å²) in [6, 6.07) is 9.89. The molecule has 4 heteroatoms. The SMILES string of the molecule is O=C(OCc1ccccc1)N1CCC(O)CC1C1CC1. The minimum Gasteiger partial charge on any atom is -0.445 e. The van der Waals surface area contributed by atoms with E-state index < -0.39 is 0 Å². The van der Waals surface area contributed by atoms with E-state index in [4.69, 9.17) is 4.74 Å². The molecule has 0 aromatic heterocycles. The zero-order chi connectivity index (χ0) is 13.9. The molecule has 1 aliphatic heterocycles. The van der Waals surface area contributed by atoms with Crippen molar-refractivity contribution in [3.63, 3.8) is 0 Å². The molecule has 1 aliphatic carbocycles. The first-order valence-electron chi connectivity index (χ1n) is 7.39. The summed E-state index contributed by atoms with van der Waals surface area (Å²) >= 11 is 0. The number of ether oxygens (including phenoxy) is 1. The first-order valence-corrected chi connectivity index (χ1v) is 7.39. The number of amides is 1. The predicted octanol–water partition coefficient (Wildman–Crippen LogP) is 2.56. The average molecular weight is 275 g/mol. The van der Waals surface area contributed by atoms with Gasteiger partial charge in [0.2, 0.25) is 0 Å². The molecule has 20 heavy (non-hydrogen) atoms. The number of hydrogen-bond donors (Lipinski definition) is 1. The van der Waals surface area contributed by atoms with Crippen molar-refractivity contribution in [2.24, 2.45) is 5.92 Å². The molecule has 108 valence electrons. The Morgan fingerprint density at radius 1 is 1.25 bits per heavy atom. The minimum absolute atomic E-state index is 0.169. The zero-order valence-electron chi connectivity index (χ0n) is 11.6. The summed E-state index contributed by atoms with van der Waals surface area (Å²) in [5.74, 6) is 0.564. The Balaban J connectivity index is 1.58. The lowest BCUT2D eigenvalue weighted by molar-refractivity contribution is 0.0202. The van der Waals surface area contributed by atoms with E-state index in [2.05, 4.69) is 0 Å². The van der Waals surface area contributed by atoms with Gasteiger partial charge in [0, 0.05) is 12.6 Å². The molecule has 1 heterocycles. The molecule has 1 aromatic carbocycles. The van der Waals surface area contributed by atoms with E-state index >= 15 is 0 Å². The smallest absolute Gasteiger partial charge is 0.410 e. The molecule has 1 saturated heterocycles. The molecule has 2 unspecified atom stereocenters. The van der Waals surface area contributed by atoms with Crippen LogP contribution in [0, 0.1) is 5.92 Å². The van der Waals surface area contributed by atoms with Gasteiger partial charge in [0.05, 0.1) is 6.10 Å². The molecule has 2 aliphatic rings. The van der Waals surface area contributed by atoms with Crippen molar-refractivity contribution < 1.29 is 14.6 Å². The van der Waals surface area contributed by atoms with Crippen LogP contribution in [0.15, 0.2) is 30.3 Å². The van der Waals surface area contributed by atoms with Crippen molar-refractivity contribution in [2.45, 2.75) is 44.4 Å². The van der Waals surface area contributed by atoms with E-state index in [0.717, 1.165) is 5.56 Å². The standard InChI is InChI=1S/C16H21NO3/c18-14-8-9-17(15(10-14)13-6-7-13)16(19)20-11-12-4-2-1-3-5-12/h1-5,13-15,18H,6-11H2. The van der Waals surface area contributed by atoms with Crippen LogP contribution in [0.25, 0.3) is 0 Å². The van der Waals surface area contributed by atoms with Crippen LogP contribution in [0.4, 0.5) is 4.79 Å². The summed E-state index contributed by atoms with van der Waals surface area (Å²) in [4.78, 5) is 14.1. The highest BCUT2D eigenvalue weighted by atomic mass is 16.6. The van der Waals surface area contributed by atoms with E-state index in [1.54, 1.807) is 0 Å². The fraction of sp³-hybridized carbons (Fsp3) is 0.562. The summed E-state index contributed by atoms with van der Waals surface area (Å²) < 4.78 is 5.42. The summed E-state index contributed by atoms with van der Waals surface area (Å²) in [7, 11) is 0. The highest BCUT2D eigenvalue weighted by molar-refractivity contribution is 5.68. The molecule has 3 rings (SSSR count). The molecule has 1 saturated carbocycles. The van der Waals surface area contributed by atoms with Crippen LogP contribution < -0.4 is 0 Å². The Labute approximate surface area is 119 Å².